The van der Waals surface area contributed by atoms with Gasteiger partial charge in [-0.2, -0.15) is 0 Å². The van der Waals surface area contributed by atoms with Gasteiger partial charge in [-0.25, -0.2) is 0 Å². The van der Waals surface area contributed by atoms with Crippen LogP contribution in [0.5, 0.6) is 0 Å². The highest BCUT2D eigenvalue weighted by molar-refractivity contribution is 6.31. The highest BCUT2D eigenvalue weighted by atomic mass is 35.5. The molecule has 1 unspecified atom stereocenters. The number of hydrogen-bond acceptors (Lipinski definition) is 5. The van der Waals surface area contributed by atoms with Gasteiger partial charge in [-0.15, -0.1) is 0 Å². The quantitative estimate of drug-likeness (QED) is 0.314. The van der Waals surface area contributed by atoms with Crippen molar-refractivity contribution in [3.05, 3.63) is 101 Å². The molecule has 0 amide bonds. The number of ketones is 1. The summed E-state index contributed by atoms with van der Waals surface area (Å²) in [6.07, 6.45) is 9.13. The van der Waals surface area contributed by atoms with E-state index in [4.69, 9.17) is 21.1 Å². The van der Waals surface area contributed by atoms with Crippen LogP contribution in [0.4, 0.5) is 11.4 Å². The molecule has 1 aromatic heterocycles. The summed E-state index contributed by atoms with van der Waals surface area (Å²) in [5.74, 6) is 1.61. The Kier molecular flexibility index (Phi) is 6.80. The highest BCUT2D eigenvalue weighted by Gasteiger charge is 2.24. The molecular weight excluding hydrogens is 436 g/mol. The van der Waals surface area contributed by atoms with Gasteiger partial charge in [0, 0.05) is 45.5 Å². The molecule has 0 bridgehead atoms. The Bertz CT molecular complexity index is 1260. The molecule has 4 rings (SSSR count). The zero-order chi connectivity index (χ0) is 23.4. The summed E-state index contributed by atoms with van der Waals surface area (Å²) in [5, 5.41) is 5.01. The zero-order valence-corrected chi connectivity index (χ0v) is 19.5. The summed E-state index contributed by atoms with van der Waals surface area (Å²) >= 11 is 6.07. The smallest absolute Gasteiger partial charge is 0.185 e. The lowest BCUT2D eigenvalue weighted by Crippen LogP contribution is -2.17. The molecule has 1 aliphatic carbocycles. The van der Waals surface area contributed by atoms with Crippen molar-refractivity contribution >= 4 is 39.7 Å². The Balaban J connectivity index is 1.47. The second-order valence-corrected chi connectivity index (χ2v) is 8.29. The van der Waals surface area contributed by atoms with Crippen molar-refractivity contribution in [2.24, 2.45) is 11.8 Å². The standard InChI is InChI=1S/C27H25ClN2O3/c1-17-14-21(32-2)16-27(33-3)22(17)10-11-26(31)18-4-7-20(8-5-18)30-24-12-13-29-25-15-19(28)6-9-23(24)25/h4-17,22H,1-3H3,(H,29,30)/b11-10+/t17-,22?/m1/s1. The number of ether oxygens (including phenoxy) is 2. The number of aromatic nitrogens is 1. The van der Waals surface area contributed by atoms with Crippen molar-refractivity contribution in [3.63, 3.8) is 0 Å². The third-order valence-corrected chi connectivity index (χ3v) is 5.92. The third kappa shape index (κ3) is 5.10. The maximum Gasteiger partial charge on any atom is 0.185 e. The number of nitrogens with one attached hydrogen (secondary N) is 1. The molecule has 2 aromatic carbocycles. The van der Waals surface area contributed by atoms with Crippen LogP contribution in [0.25, 0.3) is 10.9 Å². The molecule has 1 heterocycles. The summed E-state index contributed by atoms with van der Waals surface area (Å²) in [4.78, 5) is 17.1. The lowest BCUT2D eigenvalue weighted by atomic mass is 9.87. The Morgan fingerprint density at radius 2 is 1.88 bits per heavy atom. The van der Waals surface area contributed by atoms with E-state index in [9.17, 15) is 4.79 Å². The van der Waals surface area contributed by atoms with Gasteiger partial charge in [-0.3, -0.25) is 9.78 Å². The highest BCUT2D eigenvalue weighted by Crippen LogP contribution is 2.31. The molecule has 168 valence electrons. The SMILES string of the molecule is COC1=C[C@@H](C)C(/C=C/C(=O)c2ccc(Nc3ccnc4cc(Cl)ccc34)cc2)C(OC)=C1. The minimum Gasteiger partial charge on any atom is -0.500 e. The number of carbonyl (C=O) groups excluding carboxylic acids is 1. The lowest BCUT2D eigenvalue weighted by Gasteiger charge is -2.25. The molecule has 0 aliphatic heterocycles. The minimum atomic E-state index is -0.0604. The molecule has 33 heavy (non-hydrogen) atoms. The average molecular weight is 461 g/mol. The fourth-order valence-electron chi connectivity index (χ4n) is 3.89. The van der Waals surface area contributed by atoms with Crippen molar-refractivity contribution < 1.29 is 14.3 Å². The van der Waals surface area contributed by atoms with E-state index in [1.165, 1.54) is 0 Å². The van der Waals surface area contributed by atoms with Crippen molar-refractivity contribution in [1.29, 1.82) is 0 Å². The molecule has 1 N–H and O–H groups in total. The predicted octanol–water partition coefficient (Wildman–Crippen LogP) is 6.70. The van der Waals surface area contributed by atoms with Crippen LogP contribution >= 0.6 is 11.6 Å². The molecule has 2 atom stereocenters. The summed E-state index contributed by atoms with van der Waals surface area (Å²) < 4.78 is 10.8. The number of nitrogens with zero attached hydrogens (tertiary/aromatic N) is 1. The second-order valence-electron chi connectivity index (χ2n) is 7.85. The molecular formula is C27H25ClN2O3. The number of fused-ring (bicyclic) bond motifs is 1. The van der Waals surface area contributed by atoms with Gasteiger partial charge in [-0.05, 0) is 66.6 Å². The molecule has 3 aromatic rings. The Labute approximate surface area is 198 Å². The maximum atomic E-state index is 12.8. The van der Waals surface area contributed by atoms with E-state index in [-0.39, 0.29) is 17.6 Å². The number of halogens is 1. The van der Waals surface area contributed by atoms with Crippen LogP contribution in [0, 0.1) is 11.8 Å². The monoisotopic (exact) mass is 460 g/mol. The Morgan fingerprint density at radius 1 is 1.09 bits per heavy atom. The number of methoxy groups -OCH3 is 2. The van der Waals surface area contributed by atoms with Crippen LogP contribution in [0.2, 0.25) is 5.02 Å². The van der Waals surface area contributed by atoms with Gasteiger partial charge in [0.15, 0.2) is 5.78 Å². The summed E-state index contributed by atoms with van der Waals surface area (Å²) in [5.41, 5.74) is 3.23. The Hall–Kier alpha value is -3.57. The van der Waals surface area contributed by atoms with Gasteiger partial charge in [0.1, 0.15) is 11.5 Å². The van der Waals surface area contributed by atoms with E-state index >= 15 is 0 Å². The van der Waals surface area contributed by atoms with Crippen LogP contribution in [-0.2, 0) is 9.47 Å². The fraction of sp³-hybridized carbons (Fsp3) is 0.185. The first kappa shape index (κ1) is 22.6. The summed E-state index contributed by atoms with van der Waals surface area (Å²) in [7, 11) is 3.26. The minimum absolute atomic E-state index is 0.0211. The molecule has 0 spiro atoms. The lowest BCUT2D eigenvalue weighted by molar-refractivity contribution is 0.104. The van der Waals surface area contributed by atoms with Crippen LogP contribution in [-0.4, -0.2) is 25.0 Å². The maximum absolute atomic E-state index is 12.8. The molecule has 0 saturated heterocycles. The van der Waals surface area contributed by atoms with Crippen LogP contribution in [0.1, 0.15) is 17.3 Å². The zero-order valence-electron chi connectivity index (χ0n) is 18.7. The topological polar surface area (TPSA) is 60.5 Å². The fourth-order valence-corrected chi connectivity index (χ4v) is 4.06. The summed E-state index contributed by atoms with van der Waals surface area (Å²) in [6.45, 7) is 2.07. The Morgan fingerprint density at radius 3 is 2.61 bits per heavy atom. The largest absolute Gasteiger partial charge is 0.500 e. The van der Waals surface area contributed by atoms with E-state index in [1.54, 1.807) is 26.5 Å². The van der Waals surface area contributed by atoms with Crippen LogP contribution in [0.15, 0.2) is 90.6 Å². The molecule has 0 saturated carbocycles. The van der Waals surface area contributed by atoms with Crippen molar-refractivity contribution in [1.82, 2.24) is 4.98 Å². The van der Waals surface area contributed by atoms with Crippen LogP contribution < -0.4 is 5.32 Å². The molecule has 6 heteroatoms. The third-order valence-electron chi connectivity index (χ3n) is 5.69. The first-order chi connectivity index (χ1) is 16.0. The van der Waals surface area contributed by atoms with Gasteiger partial charge in [0.2, 0.25) is 0 Å². The number of carbonyl (C=O) groups is 1. The van der Waals surface area contributed by atoms with E-state index in [1.807, 2.05) is 66.8 Å². The van der Waals surface area contributed by atoms with Gasteiger partial charge < -0.3 is 14.8 Å². The molecule has 1 aliphatic rings. The van der Waals surface area contributed by atoms with Gasteiger partial charge in [0.05, 0.1) is 19.7 Å². The molecule has 0 radical (unpaired) electrons. The molecule has 5 nitrogen and oxygen atoms in total. The van der Waals surface area contributed by atoms with E-state index in [0.717, 1.165) is 33.8 Å². The summed E-state index contributed by atoms with van der Waals surface area (Å²) in [6, 6.07) is 14.9. The van der Waals surface area contributed by atoms with Crippen molar-refractivity contribution in [2.45, 2.75) is 6.92 Å². The first-order valence-corrected chi connectivity index (χ1v) is 11.0. The van der Waals surface area contributed by atoms with E-state index in [0.29, 0.717) is 10.6 Å². The predicted molar refractivity (Wildman–Crippen MR) is 133 cm³/mol. The van der Waals surface area contributed by atoms with Crippen molar-refractivity contribution in [2.75, 3.05) is 19.5 Å². The average Bonchev–Trinajstić information content (AvgIpc) is 2.83. The number of benzene rings is 2. The van der Waals surface area contributed by atoms with Crippen molar-refractivity contribution in [3.8, 4) is 0 Å². The van der Waals surface area contributed by atoms with Crippen LogP contribution in [0.3, 0.4) is 0 Å². The number of rotatable bonds is 7. The van der Waals surface area contributed by atoms with Gasteiger partial charge in [0.25, 0.3) is 0 Å². The first-order valence-electron chi connectivity index (χ1n) is 10.6. The van der Waals surface area contributed by atoms with Gasteiger partial charge >= 0.3 is 0 Å². The van der Waals surface area contributed by atoms with E-state index in [2.05, 4.69) is 17.2 Å². The van der Waals surface area contributed by atoms with E-state index < -0.39 is 0 Å². The number of anilines is 2. The van der Waals surface area contributed by atoms with Gasteiger partial charge in [-0.1, -0.05) is 24.6 Å². The number of allylic oxidation sites excluding steroid dienone is 4. The molecule has 0 fully saturated rings. The second kappa shape index (κ2) is 9.92. The normalized spacial score (nSPS) is 18.1. The number of hydrogen-bond donors (Lipinski definition) is 1. The number of pyridine rings is 1.